The molecule has 0 heterocycles. The molecule has 0 rings (SSSR count). The summed E-state index contributed by atoms with van der Waals surface area (Å²) in [6, 6.07) is 0. The van der Waals surface area contributed by atoms with Crippen LogP contribution in [0.15, 0.2) is 0 Å². The molecule has 0 aliphatic carbocycles. The molecule has 0 aliphatic rings. The van der Waals surface area contributed by atoms with Gasteiger partial charge in [0.15, 0.2) is 0 Å². The lowest BCUT2D eigenvalue weighted by atomic mass is 9.75. The van der Waals surface area contributed by atoms with Crippen LogP contribution in [0.5, 0.6) is 0 Å². The molecule has 0 bridgehead atoms. The van der Waals surface area contributed by atoms with Crippen molar-refractivity contribution in [3.05, 3.63) is 0 Å². The monoisotopic (exact) mass is 370 g/mol. The molecule has 2 nitrogen and oxygen atoms in total. The third-order valence-corrected chi connectivity index (χ3v) is 5.02. The second-order valence-corrected chi connectivity index (χ2v) is 7.58. The number of rotatable bonds is 9. The summed E-state index contributed by atoms with van der Waals surface area (Å²) in [6.45, 7) is 16.9. The van der Waals surface area contributed by atoms with Crippen LogP contribution in [0.25, 0.3) is 0 Å². The minimum Gasteiger partial charge on any atom is -0.342 e. The Labute approximate surface area is 127 Å². The molecule has 0 unspecified atom stereocenters. The fourth-order valence-electron chi connectivity index (χ4n) is 2.89. The van der Waals surface area contributed by atoms with Gasteiger partial charge in [-0.25, -0.2) is 0 Å². The topological polar surface area (TPSA) is 18.5 Å². The van der Waals surface area contributed by atoms with E-state index >= 15 is 0 Å². The second kappa shape index (κ2) is 8.05. The minimum absolute atomic E-state index is 0.0436. The zero-order valence-electron chi connectivity index (χ0n) is 13.2. The Morgan fingerprint density at radius 2 is 1.22 bits per heavy atom. The van der Waals surface area contributed by atoms with Crippen LogP contribution in [0.3, 0.4) is 0 Å². The Kier molecular flexibility index (Phi) is 8.34. The van der Waals surface area contributed by atoms with Gasteiger partial charge < -0.3 is 9.47 Å². The normalized spacial score (nSPS) is 13.7. The van der Waals surface area contributed by atoms with Gasteiger partial charge in [-0.15, -0.1) is 0 Å². The van der Waals surface area contributed by atoms with Crippen LogP contribution in [-0.2, 0) is 9.47 Å². The van der Waals surface area contributed by atoms with Crippen molar-refractivity contribution in [1.29, 1.82) is 0 Å². The predicted octanol–water partition coefficient (Wildman–Crippen LogP) is 5.25. The number of alkyl halides is 1. The summed E-state index contributed by atoms with van der Waals surface area (Å²) in [5, 5.41) is 0. The van der Waals surface area contributed by atoms with Gasteiger partial charge in [0.05, 0.1) is 0 Å². The minimum atomic E-state index is -0.511. The summed E-state index contributed by atoms with van der Waals surface area (Å²) in [7, 11) is 0. The highest BCUT2D eigenvalue weighted by atomic mass is 127. The molecule has 0 amide bonds. The molecule has 0 aromatic rings. The van der Waals surface area contributed by atoms with E-state index in [1.54, 1.807) is 0 Å². The van der Waals surface area contributed by atoms with Crippen LogP contribution in [0.2, 0.25) is 0 Å². The van der Waals surface area contributed by atoms with E-state index in [-0.39, 0.29) is 5.41 Å². The molecule has 3 heteroatoms. The highest BCUT2D eigenvalue weighted by Gasteiger charge is 2.48. The average Bonchev–Trinajstić information content (AvgIpc) is 2.15. The van der Waals surface area contributed by atoms with Gasteiger partial charge in [-0.2, -0.15) is 0 Å². The fourth-order valence-corrected chi connectivity index (χ4v) is 3.95. The van der Waals surface area contributed by atoms with Gasteiger partial charge in [0.1, 0.15) is 0 Å². The maximum absolute atomic E-state index is 6.00. The Balaban J connectivity index is 5.19. The molecule has 0 N–H and O–H groups in total. The van der Waals surface area contributed by atoms with Crippen LogP contribution < -0.4 is 0 Å². The van der Waals surface area contributed by atoms with Crippen molar-refractivity contribution in [2.24, 2.45) is 17.3 Å². The Morgan fingerprint density at radius 3 is 1.44 bits per heavy atom. The Morgan fingerprint density at radius 1 is 0.889 bits per heavy atom. The summed E-state index contributed by atoms with van der Waals surface area (Å²) < 4.78 is 11.5. The Bertz CT molecular complexity index is 211. The van der Waals surface area contributed by atoms with Crippen molar-refractivity contribution in [1.82, 2.24) is 0 Å². The highest BCUT2D eigenvalue weighted by Crippen LogP contribution is 2.49. The van der Waals surface area contributed by atoms with Gasteiger partial charge >= 0.3 is 0 Å². The smallest absolute Gasteiger partial charge is 0.226 e. The van der Waals surface area contributed by atoms with E-state index in [9.17, 15) is 0 Å². The van der Waals surface area contributed by atoms with Gasteiger partial charge in [-0.05, 0) is 61.1 Å². The van der Waals surface area contributed by atoms with Crippen molar-refractivity contribution in [3.63, 3.8) is 0 Å². The van der Waals surface area contributed by atoms with Crippen LogP contribution in [0.4, 0.5) is 0 Å². The zero-order valence-corrected chi connectivity index (χ0v) is 15.3. The van der Waals surface area contributed by atoms with Gasteiger partial charge in [0.25, 0.3) is 0 Å². The van der Waals surface area contributed by atoms with Crippen LogP contribution in [0.1, 0.15) is 61.3 Å². The quantitative estimate of drug-likeness (QED) is 0.314. The first-order valence-corrected chi connectivity index (χ1v) is 8.25. The first-order valence-electron chi connectivity index (χ1n) is 7.17. The van der Waals surface area contributed by atoms with Crippen LogP contribution in [0, 0.1) is 17.3 Å². The SMILES string of the molecule is CCOC(I)(OCC)C(C)(CC(C)C)CC(C)C. The average molecular weight is 370 g/mol. The van der Waals surface area contributed by atoms with E-state index in [4.69, 9.17) is 9.47 Å². The lowest BCUT2D eigenvalue weighted by Gasteiger charge is -2.46. The molecule has 0 saturated heterocycles. The standard InChI is InChI=1S/C15H31IO2/c1-8-17-15(16,18-9-2)14(7,10-12(3)4)11-13(5)6/h12-13H,8-11H2,1-7H3. The van der Waals surface area contributed by atoms with Crippen molar-refractivity contribution in [2.75, 3.05) is 13.2 Å². The third-order valence-electron chi connectivity index (χ3n) is 3.10. The van der Waals surface area contributed by atoms with Gasteiger partial charge in [-0.3, -0.25) is 0 Å². The van der Waals surface area contributed by atoms with Gasteiger partial charge in [0, 0.05) is 18.6 Å². The largest absolute Gasteiger partial charge is 0.342 e. The van der Waals surface area contributed by atoms with E-state index in [0.717, 1.165) is 12.8 Å². The van der Waals surface area contributed by atoms with E-state index in [1.807, 2.05) is 13.8 Å². The van der Waals surface area contributed by atoms with Crippen LogP contribution >= 0.6 is 22.6 Å². The molecule has 0 saturated carbocycles. The van der Waals surface area contributed by atoms with Crippen molar-refractivity contribution in [2.45, 2.75) is 65.1 Å². The summed E-state index contributed by atoms with van der Waals surface area (Å²) in [5.41, 5.74) is 0.0436. The van der Waals surface area contributed by atoms with Gasteiger partial charge in [-0.1, -0.05) is 34.6 Å². The van der Waals surface area contributed by atoms with E-state index in [1.165, 1.54) is 0 Å². The fraction of sp³-hybridized carbons (Fsp3) is 1.00. The lowest BCUT2D eigenvalue weighted by molar-refractivity contribution is -0.222. The molecule has 0 atom stereocenters. The maximum atomic E-state index is 6.00. The maximum Gasteiger partial charge on any atom is 0.226 e. The van der Waals surface area contributed by atoms with Gasteiger partial charge in [0.2, 0.25) is 3.79 Å². The number of ether oxygens (including phenoxy) is 2. The number of halogens is 1. The molecule has 0 aromatic carbocycles. The third kappa shape index (κ3) is 5.33. The second-order valence-electron chi connectivity index (χ2n) is 6.16. The van der Waals surface area contributed by atoms with Crippen molar-refractivity contribution >= 4 is 22.6 Å². The summed E-state index contributed by atoms with van der Waals surface area (Å²) >= 11 is 2.38. The highest BCUT2D eigenvalue weighted by molar-refractivity contribution is 14.1. The molecule has 0 fully saturated rings. The predicted molar refractivity (Wildman–Crippen MR) is 87.0 cm³/mol. The molecule has 18 heavy (non-hydrogen) atoms. The first-order chi connectivity index (χ1) is 8.20. The number of hydrogen-bond donors (Lipinski definition) is 0. The van der Waals surface area contributed by atoms with E-state index in [0.29, 0.717) is 25.0 Å². The van der Waals surface area contributed by atoms with E-state index in [2.05, 4.69) is 57.2 Å². The molecule has 0 aromatic heterocycles. The molecular weight excluding hydrogens is 339 g/mol. The van der Waals surface area contributed by atoms with Crippen LogP contribution in [-0.4, -0.2) is 17.0 Å². The molecule has 0 aliphatic heterocycles. The zero-order chi connectivity index (χ0) is 14.4. The summed E-state index contributed by atoms with van der Waals surface area (Å²) in [6.07, 6.45) is 2.24. The lowest BCUT2D eigenvalue weighted by Crippen LogP contribution is -2.47. The first kappa shape index (κ1) is 18.7. The summed E-state index contributed by atoms with van der Waals surface area (Å²) in [5.74, 6) is 1.28. The van der Waals surface area contributed by atoms with Crippen molar-refractivity contribution < 1.29 is 9.47 Å². The molecule has 0 spiro atoms. The number of hydrogen-bond acceptors (Lipinski definition) is 2. The van der Waals surface area contributed by atoms with E-state index < -0.39 is 3.79 Å². The molecular formula is C15H31IO2. The molecule has 110 valence electrons. The van der Waals surface area contributed by atoms with Crippen molar-refractivity contribution in [3.8, 4) is 0 Å². The Hall–Kier alpha value is 0.650. The molecule has 0 radical (unpaired) electrons. The summed E-state index contributed by atoms with van der Waals surface area (Å²) in [4.78, 5) is 0.